The molecule has 21 heavy (non-hydrogen) atoms. The van der Waals surface area contributed by atoms with Crippen molar-refractivity contribution in [3.05, 3.63) is 55.9 Å². The van der Waals surface area contributed by atoms with Crippen LogP contribution in [0.4, 0.5) is 0 Å². The van der Waals surface area contributed by atoms with Crippen molar-refractivity contribution < 1.29 is 4.74 Å². The summed E-state index contributed by atoms with van der Waals surface area (Å²) in [6.45, 7) is 5.18. The van der Waals surface area contributed by atoms with Crippen molar-refractivity contribution in [2.24, 2.45) is 0 Å². The predicted octanol–water partition coefficient (Wildman–Crippen LogP) is 6.33. The Hall–Kier alpha value is -0.550. The van der Waals surface area contributed by atoms with Gasteiger partial charge in [0.2, 0.25) is 0 Å². The zero-order chi connectivity index (χ0) is 15.4. The Labute approximate surface area is 147 Å². The van der Waals surface area contributed by atoms with Crippen LogP contribution in [0, 0.1) is 0 Å². The van der Waals surface area contributed by atoms with Gasteiger partial charge in [0.1, 0.15) is 11.5 Å². The summed E-state index contributed by atoms with van der Waals surface area (Å²) in [6.07, 6.45) is 0. The summed E-state index contributed by atoms with van der Waals surface area (Å²) < 4.78 is 7.67. The van der Waals surface area contributed by atoms with E-state index in [0.717, 1.165) is 27.0 Å². The van der Waals surface area contributed by atoms with Crippen LogP contribution in [0.3, 0.4) is 0 Å². The van der Waals surface area contributed by atoms with Gasteiger partial charge in [-0.15, -0.1) is 0 Å². The van der Waals surface area contributed by atoms with Gasteiger partial charge in [-0.2, -0.15) is 0 Å². The maximum atomic E-state index is 5.93. The van der Waals surface area contributed by atoms with E-state index in [9.17, 15) is 0 Å². The molecule has 1 atom stereocenters. The normalized spacial score (nSPS) is 12.2. The van der Waals surface area contributed by atoms with Gasteiger partial charge < -0.3 is 10.1 Å². The highest BCUT2D eigenvalue weighted by molar-refractivity contribution is 9.11. The first-order valence-corrected chi connectivity index (χ1v) is 8.63. The second-order valence-electron chi connectivity index (χ2n) is 4.65. The van der Waals surface area contributed by atoms with Gasteiger partial charge in [0.15, 0.2) is 0 Å². The molecule has 0 saturated heterocycles. The van der Waals surface area contributed by atoms with E-state index in [4.69, 9.17) is 16.3 Å². The second-order valence-corrected chi connectivity index (χ2v) is 6.79. The molecule has 1 unspecified atom stereocenters. The van der Waals surface area contributed by atoms with Crippen molar-refractivity contribution in [1.82, 2.24) is 5.32 Å². The lowest BCUT2D eigenvalue weighted by Gasteiger charge is -2.15. The quantitative estimate of drug-likeness (QED) is 0.595. The minimum absolute atomic E-state index is 0.308. The first-order chi connectivity index (χ1) is 10.0. The summed E-state index contributed by atoms with van der Waals surface area (Å²) in [6, 6.07) is 11.9. The van der Waals surface area contributed by atoms with E-state index >= 15 is 0 Å². The molecule has 0 bridgehead atoms. The van der Waals surface area contributed by atoms with Crippen LogP contribution < -0.4 is 10.1 Å². The molecule has 2 aromatic rings. The average molecular weight is 434 g/mol. The summed E-state index contributed by atoms with van der Waals surface area (Å²) in [7, 11) is 0. The summed E-state index contributed by atoms with van der Waals surface area (Å²) >= 11 is 13.0. The summed E-state index contributed by atoms with van der Waals surface area (Å²) in [5.41, 5.74) is 1.21. The lowest BCUT2D eigenvalue weighted by molar-refractivity contribution is 0.476. The Morgan fingerprint density at radius 1 is 1.10 bits per heavy atom. The lowest BCUT2D eigenvalue weighted by atomic mass is 10.1. The molecule has 2 nitrogen and oxygen atoms in total. The van der Waals surface area contributed by atoms with E-state index in [0.29, 0.717) is 11.1 Å². The van der Waals surface area contributed by atoms with Crippen LogP contribution in [-0.2, 0) is 0 Å². The number of benzene rings is 2. The van der Waals surface area contributed by atoms with Gasteiger partial charge in [-0.05, 0) is 81.2 Å². The number of rotatable bonds is 5. The standard InChI is InChI=1S/C16H16Br2ClNO/c1-3-20-10(2)11-4-6-15(13(17)8-11)21-16-7-5-12(19)9-14(16)18/h4-10,20H,3H2,1-2H3. The molecular formula is C16H16Br2ClNO. The van der Waals surface area contributed by atoms with E-state index < -0.39 is 0 Å². The molecule has 0 amide bonds. The lowest BCUT2D eigenvalue weighted by Crippen LogP contribution is -2.17. The van der Waals surface area contributed by atoms with Crippen LogP contribution in [0.1, 0.15) is 25.5 Å². The smallest absolute Gasteiger partial charge is 0.141 e. The molecule has 0 saturated carbocycles. The van der Waals surface area contributed by atoms with E-state index in [2.05, 4.69) is 63.2 Å². The highest BCUT2D eigenvalue weighted by Crippen LogP contribution is 2.36. The Morgan fingerprint density at radius 3 is 2.29 bits per heavy atom. The van der Waals surface area contributed by atoms with Crippen molar-refractivity contribution in [3.8, 4) is 11.5 Å². The summed E-state index contributed by atoms with van der Waals surface area (Å²) in [5.74, 6) is 1.50. The first kappa shape index (κ1) is 16.8. The Balaban J connectivity index is 2.21. The van der Waals surface area contributed by atoms with Gasteiger partial charge in [-0.1, -0.05) is 24.6 Å². The minimum atomic E-state index is 0.308. The van der Waals surface area contributed by atoms with Gasteiger partial charge in [0, 0.05) is 11.1 Å². The Bertz CT molecular complexity index is 634. The largest absolute Gasteiger partial charge is 0.455 e. The monoisotopic (exact) mass is 431 g/mol. The molecule has 112 valence electrons. The van der Waals surface area contributed by atoms with Crippen LogP contribution in [0.15, 0.2) is 45.3 Å². The van der Waals surface area contributed by atoms with Gasteiger partial charge in [0.25, 0.3) is 0 Å². The molecule has 0 aromatic heterocycles. The van der Waals surface area contributed by atoms with E-state index in [-0.39, 0.29) is 0 Å². The molecule has 0 heterocycles. The van der Waals surface area contributed by atoms with Crippen LogP contribution in [-0.4, -0.2) is 6.54 Å². The maximum Gasteiger partial charge on any atom is 0.141 e. The number of nitrogens with one attached hydrogen (secondary N) is 1. The van der Waals surface area contributed by atoms with Crippen molar-refractivity contribution in [3.63, 3.8) is 0 Å². The molecule has 0 aliphatic heterocycles. The topological polar surface area (TPSA) is 21.3 Å². The molecule has 0 aliphatic rings. The summed E-state index contributed by atoms with van der Waals surface area (Å²) in [5, 5.41) is 4.06. The molecule has 1 N–H and O–H groups in total. The predicted molar refractivity (Wildman–Crippen MR) is 95.5 cm³/mol. The maximum absolute atomic E-state index is 5.93. The molecule has 0 radical (unpaired) electrons. The highest BCUT2D eigenvalue weighted by atomic mass is 79.9. The number of ether oxygens (including phenoxy) is 1. The third kappa shape index (κ3) is 4.46. The molecular weight excluding hydrogens is 417 g/mol. The van der Waals surface area contributed by atoms with Crippen LogP contribution in [0.5, 0.6) is 11.5 Å². The SMILES string of the molecule is CCNC(C)c1ccc(Oc2ccc(Cl)cc2Br)c(Br)c1. The average Bonchev–Trinajstić information content (AvgIpc) is 2.44. The fourth-order valence-corrected chi connectivity index (χ4v) is 3.21. The number of halogens is 3. The highest BCUT2D eigenvalue weighted by Gasteiger charge is 2.10. The zero-order valence-electron chi connectivity index (χ0n) is 11.8. The Kier molecular flexibility index (Phi) is 6.11. The van der Waals surface area contributed by atoms with Crippen LogP contribution >= 0.6 is 43.5 Å². The third-order valence-corrected chi connectivity index (χ3v) is 4.55. The summed E-state index contributed by atoms with van der Waals surface area (Å²) in [4.78, 5) is 0. The van der Waals surface area contributed by atoms with Crippen molar-refractivity contribution in [2.45, 2.75) is 19.9 Å². The van der Waals surface area contributed by atoms with Gasteiger partial charge >= 0.3 is 0 Å². The molecule has 5 heteroatoms. The Morgan fingerprint density at radius 2 is 1.71 bits per heavy atom. The van der Waals surface area contributed by atoms with Gasteiger partial charge in [-0.3, -0.25) is 0 Å². The van der Waals surface area contributed by atoms with Crippen LogP contribution in [0.25, 0.3) is 0 Å². The fraction of sp³-hybridized carbons (Fsp3) is 0.250. The number of hydrogen-bond donors (Lipinski definition) is 1. The minimum Gasteiger partial charge on any atom is -0.455 e. The van der Waals surface area contributed by atoms with Crippen molar-refractivity contribution in [1.29, 1.82) is 0 Å². The first-order valence-electron chi connectivity index (χ1n) is 6.67. The van der Waals surface area contributed by atoms with Crippen molar-refractivity contribution >= 4 is 43.5 Å². The molecule has 0 aliphatic carbocycles. The van der Waals surface area contributed by atoms with Crippen LogP contribution in [0.2, 0.25) is 5.02 Å². The molecule has 0 fully saturated rings. The van der Waals surface area contributed by atoms with Crippen molar-refractivity contribution in [2.75, 3.05) is 6.54 Å². The molecule has 2 aromatic carbocycles. The van der Waals surface area contributed by atoms with E-state index in [1.165, 1.54) is 5.56 Å². The molecule has 0 spiro atoms. The molecule has 2 rings (SSSR count). The van der Waals surface area contributed by atoms with E-state index in [1.54, 1.807) is 6.07 Å². The van der Waals surface area contributed by atoms with Gasteiger partial charge in [0.05, 0.1) is 8.95 Å². The number of hydrogen-bond acceptors (Lipinski definition) is 2. The zero-order valence-corrected chi connectivity index (χ0v) is 15.7. The fourth-order valence-electron chi connectivity index (χ4n) is 1.97. The van der Waals surface area contributed by atoms with Gasteiger partial charge in [-0.25, -0.2) is 0 Å². The second kappa shape index (κ2) is 7.63. The van der Waals surface area contributed by atoms with E-state index in [1.807, 2.05) is 18.2 Å². The third-order valence-electron chi connectivity index (χ3n) is 3.08.